The second-order valence-corrected chi connectivity index (χ2v) is 6.03. The van der Waals surface area contributed by atoms with Crippen molar-refractivity contribution in [3.63, 3.8) is 0 Å². The summed E-state index contributed by atoms with van der Waals surface area (Å²) in [5.74, 6) is -2.62. The van der Waals surface area contributed by atoms with Crippen molar-refractivity contribution in [2.24, 2.45) is 15.8 Å². The third-order valence-corrected chi connectivity index (χ3v) is 3.81. The lowest BCUT2D eigenvalue weighted by atomic mass is 9.94. The number of hydrogen-bond acceptors (Lipinski definition) is 5. The SMILES string of the molecule is CC(N)=NC(=O)C1(C)OC/C1=N/NC(C)c1ccc(OC(F)(F)F)c(F)c1. The van der Waals surface area contributed by atoms with Gasteiger partial charge in [-0.2, -0.15) is 10.1 Å². The highest BCUT2D eigenvalue weighted by Crippen LogP contribution is 2.28. The molecule has 27 heavy (non-hydrogen) atoms. The maximum atomic E-state index is 13.8. The van der Waals surface area contributed by atoms with Crippen molar-refractivity contribution >= 4 is 17.5 Å². The number of amidine groups is 1. The average Bonchev–Trinajstić information content (AvgIpc) is 2.53. The first-order chi connectivity index (χ1) is 12.4. The molecule has 0 aromatic heterocycles. The predicted octanol–water partition coefficient (Wildman–Crippen LogP) is 2.42. The molecule has 1 amide bonds. The molecule has 0 aliphatic carbocycles. The molecule has 1 heterocycles. The van der Waals surface area contributed by atoms with Gasteiger partial charge in [-0.1, -0.05) is 6.07 Å². The fourth-order valence-electron chi connectivity index (χ4n) is 2.19. The number of carbonyl (C=O) groups excluding carboxylic acids is 1. The van der Waals surface area contributed by atoms with Gasteiger partial charge in [0, 0.05) is 0 Å². The first-order valence-electron chi connectivity index (χ1n) is 7.79. The summed E-state index contributed by atoms with van der Waals surface area (Å²) < 4.78 is 59.1. The minimum absolute atomic E-state index is 0.0778. The Morgan fingerprint density at radius 1 is 1.44 bits per heavy atom. The average molecular weight is 390 g/mol. The van der Waals surface area contributed by atoms with Gasteiger partial charge in [-0.05, 0) is 38.5 Å². The quantitative estimate of drug-likeness (QED) is 0.348. The predicted molar refractivity (Wildman–Crippen MR) is 88.7 cm³/mol. The number of hydrazone groups is 1. The first kappa shape index (κ1) is 20.6. The highest BCUT2D eigenvalue weighted by molar-refractivity contribution is 6.17. The molecular weight excluding hydrogens is 372 g/mol. The minimum atomic E-state index is -4.98. The molecule has 1 aliphatic heterocycles. The molecule has 1 aliphatic rings. The summed E-state index contributed by atoms with van der Waals surface area (Å²) in [5.41, 5.74) is 7.43. The highest BCUT2D eigenvalue weighted by atomic mass is 19.4. The van der Waals surface area contributed by atoms with Crippen LogP contribution in [0, 0.1) is 5.82 Å². The molecule has 2 rings (SSSR count). The summed E-state index contributed by atoms with van der Waals surface area (Å²) in [6.45, 7) is 4.65. The maximum Gasteiger partial charge on any atom is 0.573 e. The molecular formula is C16H18F4N4O3. The van der Waals surface area contributed by atoms with E-state index in [-0.39, 0.29) is 12.4 Å². The third kappa shape index (κ3) is 4.94. The molecule has 0 saturated carbocycles. The van der Waals surface area contributed by atoms with Gasteiger partial charge in [0.1, 0.15) is 5.71 Å². The van der Waals surface area contributed by atoms with Crippen molar-refractivity contribution in [1.82, 2.24) is 5.43 Å². The Bertz CT molecular complexity index is 790. The van der Waals surface area contributed by atoms with E-state index in [0.717, 1.165) is 12.1 Å². The summed E-state index contributed by atoms with van der Waals surface area (Å²) in [4.78, 5) is 15.6. The maximum absolute atomic E-state index is 13.8. The van der Waals surface area contributed by atoms with Gasteiger partial charge in [0.2, 0.25) is 0 Å². The topological polar surface area (TPSA) is 98.3 Å². The van der Waals surface area contributed by atoms with Crippen LogP contribution in [0.3, 0.4) is 0 Å². The molecule has 1 fully saturated rings. The number of rotatable bonds is 5. The molecule has 2 atom stereocenters. The van der Waals surface area contributed by atoms with E-state index < -0.39 is 35.5 Å². The van der Waals surface area contributed by atoms with E-state index in [9.17, 15) is 22.4 Å². The van der Waals surface area contributed by atoms with Gasteiger partial charge in [-0.3, -0.25) is 4.79 Å². The van der Waals surface area contributed by atoms with Crippen molar-refractivity contribution in [1.29, 1.82) is 0 Å². The number of ether oxygens (including phenoxy) is 2. The number of nitrogens with one attached hydrogen (secondary N) is 1. The van der Waals surface area contributed by atoms with Crippen LogP contribution in [0.4, 0.5) is 17.6 Å². The van der Waals surface area contributed by atoms with Crippen LogP contribution < -0.4 is 15.9 Å². The Labute approximate surface area is 152 Å². The van der Waals surface area contributed by atoms with E-state index >= 15 is 0 Å². The van der Waals surface area contributed by atoms with Crippen molar-refractivity contribution < 1.29 is 31.8 Å². The highest BCUT2D eigenvalue weighted by Gasteiger charge is 2.48. The second-order valence-electron chi connectivity index (χ2n) is 6.03. The van der Waals surface area contributed by atoms with Crippen molar-refractivity contribution in [2.45, 2.75) is 38.8 Å². The number of hydrogen-bond donors (Lipinski definition) is 2. The molecule has 2 unspecified atom stereocenters. The van der Waals surface area contributed by atoms with Gasteiger partial charge in [0.25, 0.3) is 5.91 Å². The van der Waals surface area contributed by atoms with Crippen molar-refractivity contribution in [3.8, 4) is 5.75 Å². The van der Waals surface area contributed by atoms with Crippen LogP contribution in [0.15, 0.2) is 28.3 Å². The zero-order valence-electron chi connectivity index (χ0n) is 14.7. The smallest absolute Gasteiger partial charge is 0.403 e. The number of halogens is 4. The summed E-state index contributed by atoms with van der Waals surface area (Å²) in [7, 11) is 0. The Morgan fingerprint density at radius 3 is 2.59 bits per heavy atom. The van der Waals surface area contributed by atoms with Crippen LogP contribution in [0.2, 0.25) is 0 Å². The van der Waals surface area contributed by atoms with Crippen LogP contribution in [-0.2, 0) is 9.53 Å². The summed E-state index contributed by atoms with van der Waals surface area (Å²) >= 11 is 0. The zero-order valence-corrected chi connectivity index (χ0v) is 14.7. The largest absolute Gasteiger partial charge is 0.573 e. The molecule has 0 bridgehead atoms. The number of alkyl halides is 3. The van der Waals surface area contributed by atoms with E-state index in [1.807, 2.05) is 0 Å². The van der Waals surface area contributed by atoms with Crippen LogP contribution in [0.1, 0.15) is 32.4 Å². The van der Waals surface area contributed by atoms with Crippen molar-refractivity contribution in [2.75, 3.05) is 6.61 Å². The number of nitrogens with two attached hydrogens (primary N) is 1. The Hall–Kier alpha value is -2.69. The van der Waals surface area contributed by atoms with E-state index in [1.54, 1.807) is 6.92 Å². The molecule has 1 saturated heterocycles. The number of nitrogens with zero attached hydrogens (tertiary/aromatic N) is 2. The van der Waals surface area contributed by atoms with Crippen LogP contribution in [0.5, 0.6) is 5.75 Å². The van der Waals surface area contributed by atoms with E-state index in [4.69, 9.17) is 10.5 Å². The lowest BCUT2D eigenvalue weighted by Crippen LogP contribution is -2.58. The second kappa shape index (κ2) is 7.51. The fraction of sp³-hybridized carbons (Fsp3) is 0.438. The number of amides is 1. The lowest BCUT2D eigenvalue weighted by molar-refractivity contribution is -0.275. The Balaban J connectivity index is 2.08. The van der Waals surface area contributed by atoms with E-state index in [1.165, 1.54) is 19.9 Å². The standard InChI is InChI=1S/C16H18F4N4O3/c1-8(10-4-5-12(11(17)6-10)27-16(18,19)20)23-24-13-7-26-15(13,3)14(25)22-9(2)21/h4-6,8,23H,7H2,1-3H3,(H2,21,22,25)/b24-13-. The third-order valence-electron chi connectivity index (χ3n) is 3.81. The van der Waals surface area contributed by atoms with Gasteiger partial charge >= 0.3 is 6.36 Å². The Morgan fingerprint density at radius 2 is 2.11 bits per heavy atom. The summed E-state index contributed by atoms with van der Waals surface area (Å²) in [5, 5.41) is 4.08. The molecule has 11 heteroatoms. The molecule has 1 aromatic carbocycles. The molecule has 7 nitrogen and oxygen atoms in total. The fourth-order valence-corrected chi connectivity index (χ4v) is 2.19. The van der Waals surface area contributed by atoms with Gasteiger partial charge in [-0.25, -0.2) is 4.39 Å². The van der Waals surface area contributed by atoms with Crippen LogP contribution in [0.25, 0.3) is 0 Å². The normalized spacial score (nSPS) is 22.9. The number of carbonyl (C=O) groups is 1. The van der Waals surface area contributed by atoms with Crippen LogP contribution in [-0.4, -0.2) is 36.0 Å². The molecule has 148 valence electrons. The van der Waals surface area contributed by atoms with Gasteiger partial charge < -0.3 is 20.6 Å². The van der Waals surface area contributed by atoms with E-state index in [2.05, 4.69) is 20.3 Å². The van der Waals surface area contributed by atoms with Crippen molar-refractivity contribution in [3.05, 3.63) is 29.6 Å². The lowest BCUT2D eigenvalue weighted by Gasteiger charge is -2.37. The summed E-state index contributed by atoms with van der Waals surface area (Å²) in [6, 6.07) is 2.49. The zero-order chi connectivity index (χ0) is 20.4. The Kier molecular flexibility index (Phi) is 5.73. The number of benzene rings is 1. The molecule has 0 spiro atoms. The molecule has 1 aromatic rings. The minimum Gasteiger partial charge on any atom is -0.403 e. The van der Waals surface area contributed by atoms with Gasteiger partial charge in [0.15, 0.2) is 17.2 Å². The van der Waals surface area contributed by atoms with Gasteiger partial charge in [-0.15, -0.1) is 13.2 Å². The number of aliphatic imine (C=N–C) groups is 1. The van der Waals surface area contributed by atoms with Gasteiger partial charge in [0.05, 0.1) is 18.5 Å². The summed E-state index contributed by atoms with van der Waals surface area (Å²) in [6.07, 6.45) is -4.98. The van der Waals surface area contributed by atoms with E-state index in [0.29, 0.717) is 11.3 Å². The van der Waals surface area contributed by atoms with Crippen LogP contribution >= 0.6 is 0 Å². The molecule has 0 radical (unpaired) electrons. The monoisotopic (exact) mass is 390 g/mol. The molecule has 3 N–H and O–H groups in total. The first-order valence-corrected chi connectivity index (χ1v) is 7.79.